The van der Waals surface area contributed by atoms with Crippen LogP contribution in [0.4, 0.5) is 18.9 Å². The summed E-state index contributed by atoms with van der Waals surface area (Å²) in [6, 6.07) is 24.2. The minimum Gasteiger partial charge on any atom is -0.508 e. The SMILES string of the molecule is Cc1cc(O)cc(C)c1C[C@H](N)C(=O)N[C@@H]1CCNc2ccc(Cc3ccc4ccccc4c3)cc21.O=C(O)C(F)(F)F. The van der Waals surface area contributed by atoms with E-state index in [1.165, 1.54) is 21.9 Å². The van der Waals surface area contributed by atoms with Gasteiger partial charge in [-0.1, -0.05) is 54.6 Å². The first-order valence-electron chi connectivity index (χ1n) is 13.8. The molecule has 0 saturated carbocycles. The molecule has 1 heterocycles. The van der Waals surface area contributed by atoms with Crippen molar-refractivity contribution in [2.24, 2.45) is 5.73 Å². The van der Waals surface area contributed by atoms with Crippen LogP contribution in [0.5, 0.6) is 5.75 Å². The number of aryl methyl sites for hydroxylation is 2. The minimum absolute atomic E-state index is 0.0848. The Morgan fingerprint density at radius 1 is 0.977 bits per heavy atom. The maximum atomic E-state index is 13.1. The van der Waals surface area contributed by atoms with E-state index in [9.17, 15) is 23.1 Å². The number of aromatic hydroxyl groups is 1. The number of nitrogens with two attached hydrogens (primary N) is 1. The molecule has 0 aliphatic carbocycles. The predicted octanol–water partition coefficient (Wildman–Crippen LogP) is 5.93. The monoisotopic (exact) mass is 593 g/mol. The van der Waals surface area contributed by atoms with Crippen LogP contribution < -0.4 is 16.4 Å². The molecule has 1 amide bonds. The van der Waals surface area contributed by atoms with Crippen LogP contribution in [-0.4, -0.2) is 40.9 Å². The fourth-order valence-corrected chi connectivity index (χ4v) is 5.30. The third-order valence-corrected chi connectivity index (χ3v) is 7.46. The number of halogens is 3. The highest BCUT2D eigenvalue weighted by Crippen LogP contribution is 2.32. The third kappa shape index (κ3) is 8.04. The number of benzene rings is 4. The Kier molecular flexibility index (Phi) is 9.60. The van der Waals surface area contributed by atoms with E-state index in [0.717, 1.165) is 47.3 Å². The van der Waals surface area contributed by atoms with E-state index in [1.807, 2.05) is 13.8 Å². The summed E-state index contributed by atoms with van der Waals surface area (Å²) in [6.07, 6.45) is -3.01. The van der Waals surface area contributed by atoms with Gasteiger partial charge in [-0.2, -0.15) is 13.2 Å². The highest BCUT2D eigenvalue weighted by molar-refractivity contribution is 5.83. The van der Waals surface area contributed by atoms with Crippen LogP contribution in [0.1, 0.15) is 45.8 Å². The first-order chi connectivity index (χ1) is 20.3. The molecule has 0 aromatic heterocycles. The molecule has 0 spiro atoms. The van der Waals surface area contributed by atoms with Crippen LogP contribution in [0.3, 0.4) is 0 Å². The van der Waals surface area contributed by atoms with Gasteiger partial charge in [-0.05, 0) is 95.5 Å². The van der Waals surface area contributed by atoms with Crippen molar-refractivity contribution in [1.82, 2.24) is 5.32 Å². The summed E-state index contributed by atoms with van der Waals surface area (Å²) >= 11 is 0. The van der Waals surface area contributed by atoms with E-state index >= 15 is 0 Å². The number of hydrogen-bond donors (Lipinski definition) is 5. The Hall–Kier alpha value is -4.57. The molecule has 0 unspecified atom stereocenters. The van der Waals surface area contributed by atoms with E-state index < -0.39 is 18.2 Å². The highest BCUT2D eigenvalue weighted by Gasteiger charge is 2.38. The predicted molar refractivity (Wildman–Crippen MR) is 160 cm³/mol. The largest absolute Gasteiger partial charge is 0.508 e. The summed E-state index contributed by atoms with van der Waals surface area (Å²) in [5.41, 5.74) is 13.9. The number of anilines is 1. The normalized spacial score (nSPS) is 15.0. The topological polar surface area (TPSA) is 125 Å². The average Bonchev–Trinajstić information content (AvgIpc) is 2.95. The van der Waals surface area contributed by atoms with Gasteiger partial charge in [-0.3, -0.25) is 4.79 Å². The van der Waals surface area contributed by atoms with Crippen molar-refractivity contribution < 1.29 is 33.0 Å². The molecule has 0 fully saturated rings. The standard InChI is InChI=1S/C31H33N3O2.C2HF3O2/c1-19-13-25(35)14-20(2)26(19)18-28(32)31(36)34-30-11-12-33-29-10-8-22(17-27(29)30)15-21-7-9-23-5-3-4-6-24(23)16-21;3-2(4,5)1(6)7/h3-10,13-14,16-17,28,30,33,35H,11-12,15,18,32H2,1-2H3,(H,34,36);(H,6,7)/t28-,30+;/m0./s1. The molecule has 0 bridgehead atoms. The molecule has 226 valence electrons. The van der Waals surface area contributed by atoms with E-state index in [2.05, 4.69) is 71.3 Å². The molecule has 1 aliphatic rings. The molecule has 6 N–H and O–H groups in total. The molecule has 0 radical (unpaired) electrons. The van der Waals surface area contributed by atoms with Crippen LogP contribution in [-0.2, 0) is 22.4 Å². The number of fused-ring (bicyclic) bond motifs is 2. The summed E-state index contributed by atoms with van der Waals surface area (Å²) in [7, 11) is 0. The summed E-state index contributed by atoms with van der Waals surface area (Å²) in [5.74, 6) is -2.68. The van der Waals surface area contributed by atoms with Crippen molar-refractivity contribution in [2.75, 3.05) is 11.9 Å². The van der Waals surface area contributed by atoms with Gasteiger partial charge in [0.05, 0.1) is 12.1 Å². The van der Waals surface area contributed by atoms with Crippen LogP contribution in [0.2, 0.25) is 0 Å². The van der Waals surface area contributed by atoms with E-state index in [0.29, 0.717) is 6.42 Å². The number of phenols is 1. The van der Waals surface area contributed by atoms with Crippen molar-refractivity contribution in [2.45, 2.75) is 51.4 Å². The van der Waals surface area contributed by atoms with E-state index in [4.69, 9.17) is 15.6 Å². The molecule has 4 aromatic rings. The van der Waals surface area contributed by atoms with Crippen molar-refractivity contribution >= 4 is 28.3 Å². The molecule has 1 aliphatic heterocycles. The lowest BCUT2D eigenvalue weighted by Crippen LogP contribution is -2.44. The zero-order chi connectivity index (χ0) is 31.3. The number of nitrogens with one attached hydrogen (secondary N) is 2. The minimum atomic E-state index is -5.08. The van der Waals surface area contributed by atoms with Crippen molar-refractivity contribution in [3.63, 3.8) is 0 Å². The van der Waals surface area contributed by atoms with Gasteiger partial charge < -0.3 is 26.6 Å². The Labute approximate surface area is 247 Å². The summed E-state index contributed by atoms with van der Waals surface area (Å²) < 4.78 is 31.7. The van der Waals surface area contributed by atoms with Gasteiger partial charge in [-0.15, -0.1) is 0 Å². The first kappa shape index (κ1) is 31.4. The zero-order valence-electron chi connectivity index (χ0n) is 23.8. The second-order valence-corrected chi connectivity index (χ2v) is 10.7. The molecule has 43 heavy (non-hydrogen) atoms. The number of carbonyl (C=O) groups is 2. The van der Waals surface area contributed by atoms with Gasteiger partial charge in [0.2, 0.25) is 5.91 Å². The summed E-state index contributed by atoms with van der Waals surface area (Å²) in [4.78, 5) is 22.0. The van der Waals surface area contributed by atoms with E-state index in [-0.39, 0.29) is 17.7 Å². The molecular formula is C33H34F3N3O4. The van der Waals surface area contributed by atoms with Gasteiger partial charge in [-0.25, -0.2) is 4.79 Å². The Morgan fingerprint density at radius 3 is 2.23 bits per heavy atom. The number of alkyl halides is 3. The summed E-state index contributed by atoms with van der Waals surface area (Å²) in [5, 5.41) is 26.1. The first-order valence-corrected chi connectivity index (χ1v) is 13.8. The fraction of sp³-hybridized carbons (Fsp3) is 0.273. The molecule has 7 nitrogen and oxygen atoms in total. The van der Waals surface area contributed by atoms with Gasteiger partial charge in [0.25, 0.3) is 0 Å². The van der Waals surface area contributed by atoms with Gasteiger partial charge >= 0.3 is 12.1 Å². The molecule has 4 aromatic carbocycles. The maximum absolute atomic E-state index is 13.1. The molecule has 10 heteroatoms. The number of amides is 1. The second kappa shape index (κ2) is 13.2. The molecular weight excluding hydrogens is 559 g/mol. The average molecular weight is 594 g/mol. The van der Waals surface area contributed by atoms with Crippen LogP contribution >= 0.6 is 0 Å². The van der Waals surface area contributed by atoms with Crippen LogP contribution in [0, 0.1) is 13.8 Å². The fourth-order valence-electron chi connectivity index (χ4n) is 5.30. The smallest absolute Gasteiger partial charge is 0.490 e. The highest BCUT2D eigenvalue weighted by atomic mass is 19.4. The number of phenolic OH excluding ortho intramolecular Hbond substituents is 1. The summed E-state index contributed by atoms with van der Waals surface area (Å²) in [6.45, 7) is 4.67. The van der Waals surface area contributed by atoms with Crippen molar-refractivity contribution in [1.29, 1.82) is 0 Å². The van der Waals surface area contributed by atoms with Gasteiger partial charge in [0.15, 0.2) is 0 Å². The van der Waals surface area contributed by atoms with Crippen molar-refractivity contribution in [3.05, 3.63) is 106 Å². The number of hydrogen-bond acceptors (Lipinski definition) is 5. The number of aliphatic carboxylic acids is 1. The lowest BCUT2D eigenvalue weighted by atomic mass is 9.92. The Morgan fingerprint density at radius 2 is 1.58 bits per heavy atom. The molecule has 2 atom stereocenters. The lowest BCUT2D eigenvalue weighted by molar-refractivity contribution is -0.192. The van der Waals surface area contributed by atoms with Crippen molar-refractivity contribution in [3.8, 4) is 5.75 Å². The zero-order valence-corrected chi connectivity index (χ0v) is 23.8. The lowest BCUT2D eigenvalue weighted by Gasteiger charge is -2.29. The van der Waals surface area contributed by atoms with Gasteiger partial charge in [0.1, 0.15) is 5.75 Å². The van der Waals surface area contributed by atoms with E-state index in [1.54, 1.807) is 12.1 Å². The second-order valence-electron chi connectivity index (χ2n) is 10.7. The quantitative estimate of drug-likeness (QED) is 0.189. The number of carbonyl (C=O) groups excluding carboxylic acids is 1. The van der Waals surface area contributed by atoms with Gasteiger partial charge in [0, 0.05) is 12.2 Å². The maximum Gasteiger partial charge on any atom is 0.490 e. The van der Waals surface area contributed by atoms with Crippen LogP contribution in [0.25, 0.3) is 10.8 Å². The number of carboxylic acid groups (broad SMARTS) is 1. The molecule has 0 saturated heterocycles. The molecule has 5 rings (SSSR count). The number of rotatable bonds is 6. The third-order valence-electron chi connectivity index (χ3n) is 7.46. The number of carboxylic acids is 1. The Bertz CT molecular complexity index is 1610. The Balaban J connectivity index is 0.000000541. The van der Waals surface area contributed by atoms with Crippen LogP contribution in [0.15, 0.2) is 72.8 Å².